The molecule has 1 atom stereocenters. The van der Waals surface area contributed by atoms with E-state index < -0.39 is 5.25 Å². The van der Waals surface area contributed by atoms with Gasteiger partial charge in [0.05, 0.1) is 20.3 Å². The van der Waals surface area contributed by atoms with E-state index in [-0.39, 0.29) is 5.91 Å². The number of rotatable bonds is 6. The lowest BCUT2D eigenvalue weighted by Gasteiger charge is -2.29. The van der Waals surface area contributed by atoms with Crippen LogP contribution in [0.15, 0.2) is 64.2 Å². The number of carbonyl (C=O) groups excluding carboxylic acids is 1. The second kappa shape index (κ2) is 9.11. The van der Waals surface area contributed by atoms with Crippen LogP contribution in [0.25, 0.3) is 11.5 Å². The second-order valence-corrected chi connectivity index (χ2v) is 7.50. The molecule has 2 aromatic carbocycles. The Morgan fingerprint density at radius 3 is 2.48 bits per heavy atom. The van der Waals surface area contributed by atoms with Crippen LogP contribution in [0.3, 0.4) is 0 Å². The van der Waals surface area contributed by atoms with Gasteiger partial charge < -0.3 is 18.8 Å². The van der Waals surface area contributed by atoms with Crippen molar-refractivity contribution in [1.29, 1.82) is 0 Å². The number of ether oxygens (including phenoxy) is 2. The summed E-state index contributed by atoms with van der Waals surface area (Å²) in [6.45, 7) is 2.29. The summed E-state index contributed by atoms with van der Waals surface area (Å²) in [5, 5.41) is 8.18. The highest BCUT2D eigenvalue weighted by atomic mass is 32.2. The zero-order valence-electron chi connectivity index (χ0n) is 16.0. The average molecular weight is 411 g/mol. The number of nitrogens with zero attached hydrogens (tertiary/aromatic N) is 3. The van der Waals surface area contributed by atoms with E-state index in [1.807, 2.05) is 59.5 Å². The minimum atomic E-state index is -0.460. The van der Waals surface area contributed by atoms with Gasteiger partial charge in [0.2, 0.25) is 11.8 Å². The molecule has 0 N–H and O–H groups in total. The van der Waals surface area contributed by atoms with Crippen LogP contribution in [0.1, 0.15) is 10.8 Å². The van der Waals surface area contributed by atoms with E-state index in [9.17, 15) is 4.79 Å². The van der Waals surface area contributed by atoms with Crippen LogP contribution >= 0.6 is 11.8 Å². The van der Waals surface area contributed by atoms with Crippen molar-refractivity contribution in [3.63, 3.8) is 0 Å². The van der Waals surface area contributed by atoms with Crippen molar-refractivity contribution in [3.8, 4) is 17.2 Å². The normalized spacial score (nSPS) is 15.1. The number of hydrogen-bond acceptors (Lipinski definition) is 7. The van der Waals surface area contributed by atoms with E-state index in [1.54, 1.807) is 7.11 Å². The number of methoxy groups -OCH3 is 1. The number of amides is 1. The first-order valence-electron chi connectivity index (χ1n) is 9.30. The van der Waals surface area contributed by atoms with E-state index in [4.69, 9.17) is 13.9 Å². The van der Waals surface area contributed by atoms with Crippen LogP contribution in [-0.2, 0) is 9.53 Å². The molecule has 0 saturated carbocycles. The first-order chi connectivity index (χ1) is 14.2. The summed E-state index contributed by atoms with van der Waals surface area (Å²) in [4.78, 5) is 15.0. The van der Waals surface area contributed by atoms with Crippen molar-refractivity contribution in [3.05, 3.63) is 60.2 Å². The summed E-state index contributed by atoms with van der Waals surface area (Å²) in [5.41, 5.74) is 1.69. The van der Waals surface area contributed by atoms with Gasteiger partial charge in [0.1, 0.15) is 11.0 Å². The van der Waals surface area contributed by atoms with Crippen molar-refractivity contribution in [2.45, 2.75) is 10.5 Å². The molecule has 8 heteroatoms. The SMILES string of the molecule is COc1ccc(-c2nnc(S[C@@H](C(=O)N3CCOCC3)c3ccccc3)o2)cc1. The summed E-state index contributed by atoms with van der Waals surface area (Å²) in [6.07, 6.45) is 0. The molecule has 0 bridgehead atoms. The fourth-order valence-electron chi connectivity index (χ4n) is 3.05. The van der Waals surface area contributed by atoms with Crippen molar-refractivity contribution in [2.75, 3.05) is 33.4 Å². The van der Waals surface area contributed by atoms with Gasteiger partial charge in [0, 0.05) is 18.7 Å². The summed E-state index contributed by atoms with van der Waals surface area (Å²) >= 11 is 1.27. The Kier molecular flexibility index (Phi) is 6.12. The Morgan fingerprint density at radius 1 is 1.07 bits per heavy atom. The topological polar surface area (TPSA) is 77.7 Å². The van der Waals surface area contributed by atoms with Gasteiger partial charge >= 0.3 is 0 Å². The van der Waals surface area contributed by atoms with Gasteiger partial charge in [-0.1, -0.05) is 30.3 Å². The summed E-state index contributed by atoms with van der Waals surface area (Å²) in [7, 11) is 1.62. The van der Waals surface area contributed by atoms with E-state index in [1.165, 1.54) is 11.8 Å². The van der Waals surface area contributed by atoms with Gasteiger partial charge in [0.15, 0.2) is 0 Å². The molecule has 1 aliphatic rings. The molecule has 2 heterocycles. The number of carbonyl (C=O) groups is 1. The molecule has 1 aromatic heterocycles. The quantitative estimate of drug-likeness (QED) is 0.575. The zero-order chi connectivity index (χ0) is 20.1. The lowest BCUT2D eigenvalue weighted by molar-refractivity contribution is -0.134. The smallest absolute Gasteiger partial charge is 0.277 e. The van der Waals surface area contributed by atoms with Crippen LogP contribution in [0.5, 0.6) is 5.75 Å². The van der Waals surface area contributed by atoms with E-state index in [0.717, 1.165) is 16.9 Å². The van der Waals surface area contributed by atoms with E-state index in [0.29, 0.717) is 37.4 Å². The fourth-order valence-corrected chi connectivity index (χ4v) is 4.01. The van der Waals surface area contributed by atoms with Crippen molar-refractivity contribution >= 4 is 17.7 Å². The fraction of sp³-hybridized carbons (Fsp3) is 0.286. The van der Waals surface area contributed by atoms with Gasteiger partial charge in [0.25, 0.3) is 5.22 Å². The maximum atomic E-state index is 13.2. The number of morpholine rings is 1. The third kappa shape index (κ3) is 4.60. The molecule has 0 radical (unpaired) electrons. The highest BCUT2D eigenvalue weighted by Gasteiger charge is 2.30. The minimum Gasteiger partial charge on any atom is -0.497 e. The van der Waals surface area contributed by atoms with Gasteiger partial charge in [-0.3, -0.25) is 4.79 Å². The lowest BCUT2D eigenvalue weighted by Crippen LogP contribution is -2.42. The molecular weight excluding hydrogens is 390 g/mol. The molecular formula is C21H21N3O4S. The van der Waals surface area contributed by atoms with Crippen molar-refractivity contribution < 1.29 is 18.7 Å². The van der Waals surface area contributed by atoms with Gasteiger partial charge in [-0.05, 0) is 41.6 Å². The third-order valence-corrected chi connectivity index (χ3v) is 5.69. The number of hydrogen-bond donors (Lipinski definition) is 0. The number of aromatic nitrogens is 2. The van der Waals surface area contributed by atoms with E-state index >= 15 is 0 Å². The van der Waals surface area contributed by atoms with Gasteiger partial charge in [-0.25, -0.2) is 0 Å². The average Bonchev–Trinajstić information content (AvgIpc) is 3.27. The predicted octanol–water partition coefficient (Wildman–Crippen LogP) is 3.44. The summed E-state index contributed by atoms with van der Waals surface area (Å²) in [5.74, 6) is 1.18. The Hall–Kier alpha value is -2.84. The largest absolute Gasteiger partial charge is 0.497 e. The molecule has 1 aliphatic heterocycles. The second-order valence-electron chi connectivity index (χ2n) is 6.45. The summed E-state index contributed by atoms with van der Waals surface area (Å²) in [6, 6.07) is 17.0. The van der Waals surface area contributed by atoms with Crippen LogP contribution < -0.4 is 4.74 Å². The first-order valence-corrected chi connectivity index (χ1v) is 10.2. The first kappa shape index (κ1) is 19.5. The lowest BCUT2D eigenvalue weighted by atomic mass is 10.1. The van der Waals surface area contributed by atoms with Crippen LogP contribution in [-0.4, -0.2) is 54.4 Å². The molecule has 29 heavy (non-hydrogen) atoms. The maximum Gasteiger partial charge on any atom is 0.277 e. The standard InChI is InChI=1S/C21H21N3O4S/c1-26-17-9-7-16(8-10-17)19-22-23-21(28-19)29-18(15-5-3-2-4-6-15)20(25)24-11-13-27-14-12-24/h2-10,18H,11-14H2,1H3/t18-/m1/s1. The van der Waals surface area contributed by atoms with Crippen LogP contribution in [0.4, 0.5) is 0 Å². The number of thioether (sulfide) groups is 1. The van der Waals surface area contributed by atoms with Gasteiger partial charge in [-0.2, -0.15) is 0 Å². The highest BCUT2D eigenvalue weighted by Crippen LogP contribution is 2.37. The molecule has 3 aromatic rings. The van der Waals surface area contributed by atoms with E-state index in [2.05, 4.69) is 10.2 Å². The van der Waals surface area contributed by atoms with Crippen molar-refractivity contribution in [2.24, 2.45) is 0 Å². The number of benzene rings is 2. The molecule has 0 aliphatic carbocycles. The van der Waals surface area contributed by atoms with Crippen molar-refractivity contribution in [1.82, 2.24) is 15.1 Å². The Morgan fingerprint density at radius 2 is 1.79 bits per heavy atom. The molecule has 1 fully saturated rings. The zero-order valence-corrected chi connectivity index (χ0v) is 16.8. The molecule has 7 nitrogen and oxygen atoms in total. The van der Waals surface area contributed by atoms with Crippen LogP contribution in [0, 0.1) is 0 Å². The monoisotopic (exact) mass is 411 g/mol. The third-order valence-electron chi connectivity index (χ3n) is 4.61. The highest BCUT2D eigenvalue weighted by molar-refractivity contribution is 8.00. The van der Waals surface area contributed by atoms with Crippen LogP contribution in [0.2, 0.25) is 0 Å². The Labute approximate surface area is 173 Å². The molecule has 150 valence electrons. The molecule has 1 saturated heterocycles. The molecule has 0 spiro atoms. The molecule has 4 rings (SSSR count). The van der Waals surface area contributed by atoms with Gasteiger partial charge in [-0.15, -0.1) is 10.2 Å². The molecule has 1 amide bonds. The minimum absolute atomic E-state index is 0.0219. The molecule has 0 unspecified atom stereocenters. The maximum absolute atomic E-state index is 13.2. The Balaban J connectivity index is 1.56. The summed E-state index contributed by atoms with van der Waals surface area (Å²) < 4.78 is 16.4. The Bertz CT molecular complexity index is 940. The predicted molar refractivity (Wildman–Crippen MR) is 109 cm³/mol.